The lowest BCUT2D eigenvalue weighted by molar-refractivity contribution is 1.11. The summed E-state index contributed by atoms with van der Waals surface area (Å²) >= 11 is 5.64. The number of aromatic nitrogens is 1. The third-order valence-corrected chi connectivity index (χ3v) is 2.95. The highest BCUT2D eigenvalue weighted by molar-refractivity contribution is 14.1. The monoisotopic (exact) mass is 311 g/mol. The Kier molecular flexibility index (Phi) is 2.68. The fraction of sp³-hybridized carbons (Fsp3) is 0.286. The molecule has 0 saturated carbocycles. The van der Waals surface area contributed by atoms with Gasteiger partial charge in [-0.1, -0.05) is 0 Å². The molecule has 1 aromatic heterocycles. The molecule has 0 fully saturated rings. The summed E-state index contributed by atoms with van der Waals surface area (Å²) in [6, 6.07) is 2.02. The minimum Gasteiger partial charge on any atom is -0.246 e. The van der Waals surface area contributed by atoms with Crippen LogP contribution in [0.3, 0.4) is 0 Å². The Bertz CT molecular complexity index is 237. The van der Waals surface area contributed by atoms with Gasteiger partial charge in [0.15, 0.2) is 0 Å². The Morgan fingerprint density at radius 2 is 2.10 bits per heavy atom. The second-order valence-electron chi connectivity index (χ2n) is 2.14. The molecule has 0 bridgehead atoms. The summed E-state index contributed by atoms with van der Waals surface area (Å²) in [5.41, 5.74) is 2.36. The van der Waals surface area contributed by atoms with Gasteiger partial charge in [0.1, 0.15) is 4.60 Å². The van der Waals surface area contributed by atoms with Crippen LogP contribution in [0.1, 0.15) is 11.3 Å². The van der Waals surface area contributed by atoms with Crippen LogP contribution in [0.2, 0.25) is 0 Å². The largest absolute Gasteiger partial charge is 0.246 e. The van der Waals surface area contributed by atoms with E-state index in [9.17, 15) is 0 Å². The second-order valence-corrected chi connectivity index (χ2v) is 4.11. The van der Waals surface area contributed by atoms with E-state index in [0.717, 1.165) is 10.3 Å². The smallest absolute Gasteiger partial charge is 0.107 e. The van der Waals surface area contributed by atoms with E-state index >= 15 is 0 Å². The molecule has 0 amide bonds. The predicted octanol–water partition coefficient (Wildman–Crippen LogP) is 3.07. The summed E-state index contributed by atoms with van der Waals surface area (Å²) in [5, 5.41) is 0. The molecule has 0 N–H and O–H groups in total. The Balaban J connectivity index is 3.31. The van der Waals surface area contributed by atoms with Crippen molar-refractivity contribution in [3.63, 3.8) is 0 Å². The van der Waals surface area contributed by atoms with Gasteiger partial charge >= 0.3 is 0 Å². The molecule has 3 heteroatoms. The minimum absolute atomic E-state index is 0.917. The molecule has 54 valence electrons. The van der Waals surface area contributed by atoms with Crippen molar-refractivity contribution >= 4 is 38.5 Å². The van der Waals surface area contributed by atoms with Crippen LogP contribution in [-0.4, -0.2) is 4.98 Å². The van der Waals surface area contributed by atoms with Gasteiger partial charge in [-0.25, -0.2) is 4.98 Å². The van der Waals surface area contributed by atoms with Gasteiger partial charge in [-0.15, -0.1) is 0 Å². The van der Waals surface area contributed by atoms with E-state index in [1.165, 1.54) is 9.13 Å². The SMILES string of the molecule is Cc1nc(Br)cc(I)c1C. The molecule has 0 spiro atoms. The summed E-state index contributed by atoms with van der Waals surface area (Å²) in [5.74, 6) is 0. The van der Waals surface area contributed by atoms with Gasteiger partial charge in [0.25, 0.3) is 0 Å². The molecule has 1 rings (SSSR count). The molecule has 1 nitrogen and oxygen atoms in total. The first-order chi connectivity index (χ1) is 4.61. The number of nitrogens with zero attached hydrogens (tertiary/aromatic N) is 1. The normalized spacial score (nSPS) is 10.0. The number of hydrogen-bond acceptors (Lipinski definition) is 1. The van der Waals surface area contributed by atoms with E-state index in [2.05, 4.69) is 50.4 Å². The summed E-state index contributed by atoms with van der Waals surface area (Å²) in [6.45, 7) is 4.10. The maximum atomic E-state index is 4.25. The topological polar surface area (TPSA) is 12.9 Å². The molecular formula is C7H7BrIN. The van der Waals surface area contributed by atoms with Gasteiger partial charge in [0.2, 0.25) is 0 Å². The number of halogens is 2. The highest BCUT2D eigenvalue weighted by atomic mass is 127. The van der Waals surface area contributed by atoms with Crippen LogP contribution in [0.5, 0.6) is 0 Å². The fourth-order valence-electron chi connectivity index (χ4n) is 0.662. The van der Waals surface area contributed by atoms with Crippen LogP contribution in [0.4, 0.5) is 0 Å². The standard InChI is InChI=1S/C7H7BrIN/c1-4-5(2)10-7(8)3-6(4)9/h3H,1-2H3. The van der Waals surface area contributed by atoms with Gasteiger partial charge in [0.05, 0.1) is 0 Å². The number of hydrogen-bond donors (Lipinski definition) is 0. The minimum atomic E-state index is 0.917. The van der Waals surface area contributed by atoms with Crippen LogP contribution in [0.15, 0.2) is 10.7 Å². The Morgan fingerprint density at radius 3 is 2.60 bits per heavy atom. The predicted molar refractivity (Wildman–Crippen MR) is 54.1 cm³/mol. The van der Waals surface area contributed by atoms with Gasteiger partial charge in [0, 0.05) is 9.26 Å². The molecule has 0 aliphatic carbocycles. The summed E-state index contributed by atoms with van der Waals surface area (Å²) < 4.78 is 2.18. The van der Waals surface area contributed by atoms with E-state index in [4.69, 9.17) is 0 Å². The number of aryl methyl sites for hydroxylation is 1. The third kappa shape index (κ3) is 1.69. The zero-order valence-electron chi connectivity index (χ0n) is 5.78. The summed E-state index contributed by atoms with van der Waals surface area (Å²) in [4.78, 5) is 4.25. The zero-order chi connectivity index (χ0) is 7.72. The highest BCUT2D eigenvalue weighted by Crippen LogP contribution is 2.17. The van der Waals surface area contributed by atoms with Gasteiger partial charge in [-0.3, -0.25) is 0 Å². The Labute approximate surface area is 82.5 Å². The second kappa shape index (κ2) is 3.17. The Morgan fingerprint density at radius 1 is 1.50 bits per heavy atom. The zero-order valence-corrected chi connectivity index (χ0v) is 9.52. The first kappa shape index (κ1) is 8.46. The lowest BCUT2D eigenvalue weighted by Crippen LogP contribution is -1.90. The van der Waals surface area contributed by atoms with Crippen molar-refractivity contribution in [2.75, 3.05) is 0 Å². The van der Waals surface area contributed by atoms with Crippen molar-refractivity contribution in [3.8, 4) is 0 Å². The number of rotatable bonds is 0. The quantitative estimate of drug-likeness (QED) is 0.530. The summed E-state index contributed by atoms with van der Waals surface area (Å²) in [7, 11) is 0. The van der Waals surface area contributed by atoms with Gasteiger partial charge in [-0.05, 0) is 64.0 Å². The van der Waals surface area contributed by atoms with E-state index in [0.29, 0.717) is 0 Å². The fourth-order valence-corrected chi connectivity index (χ4v) is 2.27. The first-order valence-corrected chi connectivity index (χ1v) is 4.77. The van der Waals surface area contributed by atoms with Gasteiger partial charge in [-0.2, -0.15) is 0 Å². The third-order valence-electron chi connectivity index (χ3n) is 1.42. The molecule has 0 saturated heterocycles. The van der Waals surface area contributed by atoms with Crippen LogP contribution in [-0.2, 0) is 0 Å². The molecule has 10 heavy (non-hydrogen) atoms. The van der Waals surface area contributed by atoms with Gasteiger partial charge < -0.3 is 0 Å². The average molecular weight is 312 g/mol. The Hall–Kier alpha value is 0.360. The molecular weight excluding hydrogens is 305 g/mol. The lowest BCUT2D eigenvalue weighted by atomic mass is 10.2. The van der Waals surface area contributed by atoms with Crippen molar-refractivity contribution in [1.29, 1.82) is 0 Å². The van der Waals surface area contributed by atoms with Crippen molar-refractivity contribution in [2.24, 2.45) is 0 Å². The van der Waals surface area contributed by atoms with E-state index in [-0.39, 0.29) is 0 Å². The van der Waals surface area contributed by atoms with Crippen molar-refractivity contribution in [3.05, 3.63) is 25.5 Å². The highest BCUT2D eigenvalue weighted by Gasteiger charge is 1.99. The molecule has 0 radical (unpaired) electrons. The molecule has 0 atom stereocenters. The summed E-state index contributed by atoms with van der Waals surface area (Å²) in [6.07, 6.45) is 0. The molecule has 0 aliphatic heterocycles. The number of pyridine rings is 1. The lowest BCUT2D eigenvalue weighted by Gasteiger charge is -2.01. The molecule has 0 unspecified atom stereocenters. The maximum Gasteiger partial charge on any atom is 0.107 e. The average Bonchev–Trinajstić information content (AvgIpc) is 1.82. The van der Waals surface area contributed by atoms with Crippen LogP contribution in [0, 0.1) is 17.4 Å². The molecule has 1 aromatic rings. The van der Waals surface area contributed by atoms with Crippen LogP contribution >= 0.6 is 38.5 Å². The van der Waals surface area contributed by atoms with Crippen LogP contribution in [0.25, 0.3) is 0 Å². The van der Waals surface area contributed by atoms with Crippen molar-refractivity contribution in [2.45, 2.75) is 13.8 Å². The first-order valence-electron chi connectivity index (χ1n) is 2.90. The van der Waals surface area contributed by atoms with E-state index in [1.807, 2.05) is 13.0 Å². The maximum absolute atomic E-state index is 4.25. The van der Waals surface area contributed by atoms with Crippen molar-refractivity contribution < 1.29 is 0 Å². The van der Waals surface area contributed by atoms with Crippen LogP contribution < -0.4 is 0 Å². The van der Waals surface area contributed by atoms with Crippen molar-refractivity contribution in [1.82, 2.24) is 4.98 Å². The van der Waals surface area contributed by atoms with E-state index in [1.54, 1.807) is 0 Å². The molecule has 1 heterocycles. The molecule has 0 aromatic carbocycles. The molecule has 0 aliphatic rings. The van der Waals surface area contributed by atoms with E-state index < -0.39 is 0 Å².